The summed E-state index contributed by atoms with van der Waals surface area (Å²) in [5.74, 6) is 4.50. The van der Waals surface area contributed by atoms with Crippen LogP contribution in [0, 0.1) is 68.0 Å². The van der Waals surface area contributed by atoms with Crippen molar-refractivity contribution in [3.63, 3.8) is 0 Å². The Bertz CT molecular complexity index is 1150. The molecule has 262 valence electrons. The van der Waals surface area contributed by atoms with Crippen LogP contribution in [0.4, 0.5) is 0 Å². The van der Waals surface area contributed by atoms with Crippen LogP contribution in [0.1, 0.15) is 159 Å². The van der Waals surface area contributed by atoms with Crippen molar-refractivity contribution in [2.24, 2.45) is 68.0 Å². The summed E-state index contributed by atoms with van der Waals surface area (Å²) in [6, 6.07) is 0. The van der Waals surface area contributed by atoms with Gasteiger partial charge in [0, 0.05) is 18.3 Å². The Hall–Kier alpha value is -0.960. The van der Waals surface area contributed by atoms with E-state index in [2.05, 4.69) is 67.0 Å². The van der Waals surface area contributed by atoms with Crippen molar-refractivity contribution in [3.8, 4) is 0 Å². The van der Waals surface area contributed by atoms with E-state index in [9.17, 15) is 9.59 Å². The molecule has 10 atom stereocenters. The van der Waals surface area contributed by atoms with Crippen LogP contribution in [0.2, 0.25) is 0 Å². The molecular weight excluding hydrogens is 562 g/mol. The van der Waals surface area contributed by atoms with Gasteiger partial charge < -0.3 is 9.69 Å². The molecule has 46 heavy (non-hydrogen) atoms. The van der Waals surface area contributed by atoms with E-state index in [4.69, 9.17) is 0 Å². The second-order valence-corrected chi connectivity index (χ2v) is 20.0. The van der Waals surface area contributed by atoms with Crippen LogP contribution in [0.25, 0.3) is 0 Å². The molecule has 0 saturated heterocycles. The van der Waals surface area contributed by atoms with Gasteiger partial charge in [-0.15, -0.1) is 0 Å². The van der Waals surface area contributed by atoms with E-state index in [-0.39, 0.29) is 5.41 Å². The zero-order chi connectivity index (χ0) is 33.9. The first-order valence-electron chi connectivity index (χ1n) is 19.7. The van der Waals surface area contributed by atoms with Crippen LogP contribution >= 0.6 is 0 Å². The maximum Gasteiger partial charge on any atom is 0.134 e. The molecule has 0 N–H and O–H groups in total. The van der Waals surface area contributed by atoms with Crippen LogP contribution in [-0.2, 0) is 9.59 Å². The molecule has 5 aliphatic rings. The van der Waals surface area contributed by atoms with Gasteiger partial charge in [-0.3, -0.25) is 4.79 Å². The van der Waals surface area contributed by atoms with E-state index in [0.29, 0.717) is 58.0 Å². The summed E-state index contributed by atoms with van der Waals surface area (Å²) in [6.07, 6.45) is 19.6. The molecule has 5 aliphatic carbocycles. The fourth-order valence-electron chi connectivity index (χ4n) is 14.2. The highest BCUT2D eigenvalue weighted by Gasteiger charge is 2.70. The summed E-state index contributed by atoms with van der Waals surface area (Å²) in [5.41, 5.74) is 2.71. The lowest BCUT2D eigenvalue weighted by Gasteiger charge is -2.73. The number of carbonyl (C=O) groups excluding carboxylic acids is 2. The number of nitrogens with zero attached hydrogens (tertiary/aromatic N) is 1. The van der Waals surface area contributed by atoms with E-state index in [1.165, 1.54) is 95.7 Å². The third-order valence-electron chi connectivity index (χ3n) is 16.8. The smallest absolute Gasteiger partial charge is 0.134 e. The highest BCUT2D eigenvalue weighted by molar-refractivity contribution is 5.82. The molecule has 5 saturated carbocycles. The van der Waals surface area contributed by atoms with Gasteiger partial charge >= 0.3 is 0 Å². The highest BCUT2D eigenvalue weighted by Crippen LogP contribution is 2.78. The number of rotatable bonds is 12. The zero-order valence-corrected chi connectivity index (χ0v) is 32.0. The molecule has 0 aliphatic heterocycles. The Labute approximate surface area is 284 Å². The normalized spacial score (nSPS) is 43.3. The Balaban J connectivity index is 1.38. The first-order valence-corrected chi connectivity index (χ1v) is 19.7. The van der Waals surface area contributed by atoms with Gasteiger partial charge in [0.1, 0.15) is 12.1 Å². The second-order valence-electron chi connectivity index (χ2n) is 20.0. The van der Waals surface area contributed by atoms with E-state index in [1.807, 2.05) is 13.8 Å². The molecule has 3 nitrogen and oxygen atoms in total. The SMILES string of the molecule is C=C(C)[C@@H]1CC[C@]2(CCCN(C)CCC)CC[C@]3(C)C(CC[C@@H]4C5(C)CCC(CC(=O)CC(C)(C)C=O)C(C)(C)[C@@H]5CCC43C)[C@@H]12. The molecule has 5 rings (SSSR count). The van der Waals surface area contributed by atoms with Gasteiger partial charge in [-0.25, -0.2) is 0 Å². The molecule has 0 spiro atoms. The Kier molecular flexibility index (Phi) is 10.1. The number of hydrogen-bond acceptors (Lipinski definition) is 3. The van der Waals surface area contributed by atoms with Crippen molar-refractivity contribution in [1.82, 2.24) is 4.90 Å². The van der Waals surface area contributed by atoms with Crippen LogP contribution in [0.5, 0.6) is 0 Å². The monoisotopic (exact) mass is 636 g/mol. The number of aldehydes is 1. The van der Waals surface area contributed by atoms with Gasteiger partial charge in [0.25, 0.3) is 0 Å². The Morgan fingerprint density at radius 3 is 2.26 bits per heavy atom. The fourth-order valence-corrected chi connectivity index (χ4v) is 14.2. The Morgan fingerprint density at radius 1 is 0.891 bits per heavy atom. The first kappa shape index (κ1) is 36.3. The summed E-state index contributed by atoms with van der Waals surface area (Å²) in [6.45, 7) is 28.9. The van der Waals surface area contributed by atoms with E-state index in [1.54, 1.807) is 0 Å². The van der Waals surface area contributed by atoms with Gasteiger partial charge in [-0.05, 0) is 173 Å². The average molecular weight is 636 g/mol. The van der Waals surface area contributed by atoms with Crippen molar-refractivity contribution < 1.29 is 9.59 Å². The third kappa shape index (κ3) is 5.85. The van der Waals surface area contributed by atoms with E-state index >= 15 is 0 Å². The van der Waals surface area contributed by atoms with Gasteiger partial charge in [0.2, 0.25) is 0 Å². The molecule has 0 aromatic rings. The largest absolute Gasteiger partial charge is 0.306 e. The number of fused-ring (bicyclic) bond motifs is 7. The van der Waals surface area contributed by atoms with Crippen LogP contribution in [0.15, 0.2) is 12.2 Å². The third-order valence-corrected chi connectivity index (χ3v) is 16.8. The lowest BCUT2D eigenvalue weighted by Crippen LogP contribution is -2.66. The van der Waals surface area contributed by atoms with Crippen LogP contribution in [-0.4, -0.2) is 37.1 Å². The molecule has 4 unspecified atom stereocenters. The summed E-state index contributed by atoms with van der Waals surface area (Å²) in [4.78, 5) is 27.4. The number of Topliss-reactive ketones (excluding diaryl/α,β-unsaturated/α-hetero) is 1. The van der Waals surface area contributed by atoms with E-state index < -0.39 is 5.41 Å². The van der Waals surface area contributed by atoms with Crippen LogP contribution < -0.4 is 0 Å². The lowest BCUT2D eigenvalue weighted by molar-refractivity contribution is -0.243. The molecule has 0 aromatic carbocycles. The van der Waals surface area contributed by atoms with Gasteiger partial charge in [0.15, 0.2) is 0 Å². The van der Waals surface area contributed by atoms with Crippen molar-refractivity contribution in [1.29, 1.82) is 0 Å². The summed E-state index contributed by atoms with van der Waals surface area (Å²) >= 11 is 0. The minimum absolute atomic E-state index is 0.149. The molecule has 0 amide bonds. The number of ketones is 1. The summed E-state index contributed by atoms with van der Waals surface area (Å²) < 4.78 is 0. The minimum Gasteiger partial charge on any atom is -0.306 e. The topological polar surface area (TPSA) is 37.4 Å². The van der Waals surface area contributed by atoms with Gasteiger partial charge in [0.05, 0.1) is 0 Å². The summed E-state index contributed by atoms with van der Waals surface area (Å²) in [5, 5.41) is 0. The maximum absolute atomic E-state index is 13.2. The number of carbonyl (C=O) groups is 2. The average Bonchev–Trinajstić information content (AvgIpc) is 3.35. The molecule has 0 bridgehead atoms. The highest BCUT2D eigenvalue weighted by atomic mass is 16.1. The minimum atomic E-state index is -0.545. The molecule has 3 heteroatoms. The van der Waals surface area contributed by atoms with Crippen LogP contribution in [0.3, 0.4) is 0 Å². The molecule has 0 heterocycles. The van der Waals surface area contributed by atoms with E-state index in [0.717, 1.165) is 30.5 Å². The Morgan fingerprint density at radius 2 is 1.61 bits per heavy atom. The molecule has 5 fully saturated rings. The number of allylic oxidation sites excluding steroid dienone is 1. The van der Waals surface area contributed by atoms with Crippen molar-refractivity contribution in [3.05, 3.63) is 12.2 Å². The maximum atomic E-state index is 13.2. The molecular formula is C43H73NO2. The number of hydrogen-bond donors (Lipinski definition) is 0. The zero-order valence-electron chi connectivity index (χ0n) is 32.0. The van der Waals surface area contributed by atoms with Crippen molar-refractivity contribution in [2.45, 2.75) is 159 Å². The summed E-state index contributed by atoms with van der Waals surface area (Å²) in [7, 11) is 2.32. The first-order chi connectivity index (χ1) is 21.4. The lowest BCUT2D eigenvalue weighted by atomic mass is 9.31. The predicted molar refractivity (Wildman–Crippen MR) is 194 cm³/mol. The predicted octanol–water partition coefficient (Wildman–Crippen LogP) is 11.0. The standard InChI is InChI=1S/C43H73NO2/c1-12-25-44(11)26-13-19-43-22-17-33(30(2)3)37(43)34-14-15-36-40(8)20-16-31(27-32(46)28-38(4,5)29-45)39(6,7)35(40)18-21-42(36,10)41(34,9)23-24-43/h29,31,33-37H,2,12-28H2,1,3-11H3/t31?,33-,34?,35-,36+,37+,40?,41+,42?,43+/m0/s1. The van der Waals surface area contributed by atoms with Gasteiger partial charge in [-0.1, -0.05) is 67.5 Å². The fraction of sp³-hybridized carbons (Fsp3) is 0.907. The molecule has 0 aromatic heterocycles. The van der Waals surface area contributed by atoms with Crippen molar-refractivity contribution in [2.75, 3.05) is 20.1 Å². The van der Waals surface area contributed by atoms with Crippen molar-refractivity contribution >= 4 is 12.1 Å². The quantitative estimate of drug-likeness (QED) is 0.158. The second kappa shape index (κ2) is 12.7. The molecule has 0 radical (unpaired) electrons. The van der Waals surface area contributed by atoms with Gasteiger partial charge in [-0.2, -0.15) is 0 Å².